The number of hydrogen-bond acceptors (Lipinski definition) is 3. The van der Waals surface area contributed by atoms with Crippen LogP contribution in [0.4, 0.5) is 4.39 Å². The molecular formula is C14H16FNO3. The van der Waals surface area contributed by atoms with Crippen molar-refractivity contribution in [2.75, 3.05) is 13.2 Å². The molecule has 0 aliphatic carbocycles. The van der Waals surface area contributed by atoms with E-state index in [2.05, 4.69) is 5.32 Å². The fraction of sp³-hybridized carbons (Fsp3) is 0.286. The molecule has 1 amide bonds. The van der Waals surface area contributed by atoms with Crippen molar-refractivity contribution in [2.24, 2.45) is 0 Å². The van der Waals surface area contributed by atoms with Crippen LogP contribution in [0.2, 0.25) is 0 Å². The number of benzene rings is 1. The quantitative estimate of drug-likeness (QED) is 0.631. The average molecular weight is 265 g/mol. The fourth-order valence-corrected chi connectivity index (χ4v) is 1.33. The first-order valence-corrected chi connectivity index (χ1v) is 5.99. The summed E-state index contributed by atoms with van der Waals surface area (Å²) in [6.07, 6.45) is 3.04. The molecule has 1 aromatic rings. The minimum absolute atomic E-state index is 0.143. The van der Waals surface area contributed by atoms with Crippen LogP contribution in [0.25, 0.3) is 6.08 Å². The summed E-state index contributed by atoms with van der Waals surface area (Å²) in [7, 11) is 0. The molecule has 0 aliphatic rings. The molecule has 0 unspecified atom stereocenters. The van der Waals surface area contributed by atoms with Gasteiger partial charge in [0.2, 0.25) is 5.91 Å². The van der Waals surface area contributed by atoms with Crippen LogP contribution in [0, 0.1) is 5.82 Å². The van der Waals surface area contributed by atoms with E-state index in [9.17, 15) is 14.0 Å². The summed E-state index contributed by atoms with van der Waals surface area (Å²) < 4.78 is 17.4. The van der Waals surface area contributed by atoms with Gasteiger partial charge in [0, 0.05) is 12.6 Å². The van der Waals surface area contributed by atoms with E-state index in [4.69, 9.17) is 4.74 Å². The number of carbonyl (C=O) groups excluding carboxylic acids is 2. The zero-order valence-electron chi connectivity index (χ0n) is 10.7. The first kappa shape index (κ1) is 14.9. The number of nitrogens with one attached hydrogen (secondary N) is 1. The van der Waals surface area contributed by atoms with Gasteiger partial charge in [-0.2, -0.15) is 0 Å². The molecule has 1 N–H and O–H groups in total. The lowest BCUT2D eigenvalue weighted by molar-refractivity contribution is -0.142. The maximum atomic E-state index is 12.6. The molecule has 19 heavy (non-hydrogen) atoms. The Hall–Kier alpha value is -2.17. The Balaban J connectivity index is 2.31. The van der Waals surface area contributed by atoms with Gasteiger partial charge in [0.1, 0.15) is 5.82 Å². The molecule has 0 atom stereocenters. The molecule has 0 aromatic heterocycles. The Kier molecular flexibility index (Phi) is 6.29. The first-order valence-electron chi connectivity index (χ1n) is 5.99. The molecule has 0 radical (unpaired) electrons. The molecule has 0 saturated carbocycles. The van der Waals surface area contributed by atoms with E-state index in [0.29, 0.717) is 6.61 Å². The van der Waals surface area contributed by atoms with Crippen molar-refractivity contribution in [3.63, 3.8) is 0 Å². The first-order chi connectivity index (χ1) is 9.11. The zero-order chi connectivity index (χ0) is 14.1. The van der Waals surface area contributed by atoms with Crippen molar-refractivity contribution in [1.29, 1.82) is 0 Å². The summed E-state index contributed by atoms with van der Waals surface area (Å²) in [6.45, 7) is 2.28. The van der Waals surface area contributed by atoms with Crippen molar-refractivity contribution in [2.45, 2.75) is 13.3 Å². The van der Waals surface area contributed by atoms with E-state index in [1.54, 1.807) is 25.1 Å². The second-order valence-corrected chi connectivity index (χ2v) is 3.73. The average Bonchev–Trinajstić information content (AvgIpc) is 2.38. The normalized spacial score (nSPS) is 10.4. The van der Waals surface area contributed by atoms with Gasteiger partial charge in [-0.15, -0.1) is 0 Å². The molecule has 1 aromatic carbocycles. The molecule has 0 bridgehead atoms. The Labute approximate surface area is 111 Å². The fourth-order valence-electron chi connectivity index (χ4n) is 1.33. The minimum Gasteiger partial charge on any atom is -0.466 e. The maximum absolute atomic E-state index is 12.6. The van der Waals surface area contributed by atoms with Gasteiger partial charge in [-0.05, 0) is 30.7 Å². The highest BCUT2D eigenvalue weighted by Crippen LogP contribution is 2.04. The third-order valence-electron chi connectivity index (χ3n) is 2.23. The molecule has 0 heterocycles. The number of ether oxygens (including phenoxy) is 1. The number of halogens is 1. The highest BCUT2D eigenvalue weighted by molar-refractivity contribution is 5.91. The maximum Gasteiger partial charge on any atom is 0.307 e. The van der Waals surface area contributed by atoms with E-state index in [0.717, 1.165) is 5.56 Å². The predicted octanol–water partition coefficient (Wildman–Crippen LogP) is 1.91. The lowest BCUT2D eigenvalue weighted by atomic mass is 10.2. The van der Waals surface area contributed by atoms with E-state index < -0.39 is 0 Å². The molecule has 0 fully saturated rings. The summed E-state index contributed by atoms with van der Waals surface area (Å²) in [6, 6.07) is 5.77. The minimum atomic E-state index is -0.342. The summed E-state index contributed by atoms with van der Waals surface area (Å²) >= 11 is 0. The Bertz CT molecular complexity index is 454. The van der Waals surface area contributed by atoms with Gasteiger partial charge in [-0.3, -0.25) is 9.59 Å². The molecule has 0 aliphatic heterocycles. The van der Waals surface area contributed by atoms with Gasteiger partial charge in [-0.25, -0.2) is 4.39 Å². The third-order valence-corrected chi connectivity index (χ3v) is 2.23. The monoisotopic (exact) mass is 265 g/mol. The number of esters is 1. The van der Waals surface area contributed by atoms with Gasteiger partial charge in [0.05, 0.1) is 13.0 Å². The summed E-state index contributed by atoms with van der Waals surface area (Å²) in [5.41, 5.74) is 0.724. The van der Waals surface area contributed by atoms with Crippen LogP contribution < -0.4 is 5.32 Å². The Morgan fingerprint density at radius 3 is 2.63 bits per heavy atom. The van der Waals surface area contributed by atoms with Crippen LogP contribution in [-0.2, 0) is 14.3 Å². The number of rotatable bonds is 6. The summed E-state index contributed by atoms with van der Waals surface area (Å²) in [5.74, 6) is -0.977. The predicted molar refractivity (Wildman–Crippen MR) is 69.7 cm³/mol. The van der Waals surface area contributed by atoms with Crippen molar-refractivity contribution in [3.05, 3.63) is 41.7 Å². The number of amides is 1. The second-order valence-electron chi connectivity index (χ2n) is 3.73. The molecule has 1 rings (SSSR count). The SMILES string of the molecule is CCOC(=O)CCNC(=O)C=Cc1ccc(F)cc1. The Morgan fingerprint density at radius 1 is 1.32 bits per heavy atom. The largest absolute Gasteiger partial charge is 0.466 e. The van der Waals surface area contributed by atoms with Crippen LogP contribution in [0.3, 0.4) is 0 Å². The standard InChI is InChI=1S/C14H16FNO3/c1-2-19-14(18)9-10-16-13(17)8-5-11-3-6-12(15)7-4-11/h3-8H,2,9-10H2,1H3,(H,16,17). The highest BCUT2D eigenvalue weighted by Gasteiger charge is 2.02. The van der Waals surface area contributed by atoms with E-state index in [1.807, 2.05) is 0 Å². The van der Waals surface area contributed by atoms with Gasteiger partial charge >= 0.3 is 5.97 Å². The van der Waals surface area contributed by atoms with Gasteiger partial charge in [0.15, 0.2) is 0 Å². The van der Waals surface area contributed by atoms with E-state index >= 15 is 0 Å². The third kappa shape index (κ3) is 6.35. The van der Waals surface area contributed by atoms with Crippen molar-refractivity contribution in [1.82, 2.24) is 5.32 Å². The molecule has 102 valence electrons. The van der Waals surface area contributed by atoms with Crippen LogP contribution in [0.1, 0.15) is 18.9 Å². The second kappa shape index (κ2) is 8.02. The van der Waals surface area contributed by atoms with Crippen LogP contribution >= 0.6 is 0 Å². The van der Waals surface area contributed by atoms with Gasteiger partial charge in [0.25, 0.3) is 0 Å². The van der Waals surface area contributed by atoms with Gasteiger partial charge < -0.3 is 10.1 Å². The zero-order valence-corrected chi connectivity index (χ0v) is 10.7. The molecule has 0 saturated heterocycles. The topological polar surface area (TPSA) is 55.4 Å². The lowest BCUT2D eigenvalue weighted by Crippen LogP contribution is -2.24. The van der Waals surface area contributed by atoms with Crippen LogP contribution in [-0.4, -0.2) is 25.0 Å². The highest BCUT2D eigenvalue weighted by atomic mass is 19.1. The van der Waals surface area contributed by atoms with Crippen LogP contribution in [0.5, 0.6) is 0 Å². The molecule has 0 spiro atoms. The molecule has 4 nitrogen and oxygen atoms in total. The van der Waals surface area contributed by atoms with Crippen molar-refractivity contribution >= 4 is 18.0 Å². The van der Waals surface area contributed by atoms with E-state index in [1.165, 1.54) is 18.2 Å². The van der Waals surface area contributed by atoms with Crippen molar-refractivity contribution < 1.29 is 18.7 Å². The van der Waals surface area contributed by atoms with Crippen LogP contribution in [0.15, 0.2) is 30.3 Å². The number of hydrogen-bond donors (Lipinski definition) is 1. The lowest BCUT2D eigenvalue weighted by Gasteiger charge is -2.02. The Morgan fingerprint density at radius 2 is 2.00 bits per heavy atom. The molecule has 5 heteroatoms. The smallest absolute Gasteiger partial charge is 0.307 e. The van der Waals surface area contributed by atoms with Crippen molar-refractivity contribution in [3.8, 4) is 0 Å². The summed E-state index contributed by atoms with van der Waals surface area (Å²) in [5, 5.41) is 2.55. The molecular weight excluding hydrogens is 249 g/mol. The van der Waals surface area contributed by atoms with E-state index in [-0.39, 0.29) is 30.7 Å². The van der Waals surface area contributed by atoms with Gasteiger partial charge in [-0.1, -0.05) is 12.1 Å². The number of carbonyl (C=O) groups is 2. The summed E-state index contributed by atoms with van der Waals surface area (Å²) in [4.78, 5) is 22.4.